The van der Waals surface area contributed by atoms with E-state index >= 15 is 0 Å². The second-order valence-electron chi connectivity index (χ2n) is 4.66. The number of benzene rings is 1. The van der Waals surface area contributed by atoms with Gasteiger partial charge in [-0.15, -0.1) is 0 Å². The highest BCUT2D eigenvalue weighted by Gasteiger charge is 2.10. The second kappa shape index (κ2) is 3.82. The first-order chi connectivity index (χ1) is 7.50. The van der Waals surface area contributed by atoms with Gasteiger partial charge in [-0.05, 0) is 57.4 Å². The van der Waals surface area contributed by atoms with Gasteiger partial charge in [0.25, 0.3) is 0 Å². The Balaban J connectivity index is 2.78. The summed E-state index contributed by atoms with van der Waals surface area (Å²) in [5.41, 5.74) is 6.18. The first kappa shape index (κ1) is 11.0. The third kappa shape index (κ3) is 1.67. The third-order valence-electron chi connectivity index (χ3n) is 3.08. The summed E-state index contributed by atoms with van der Waals surface area (Å²) in [6.07, 6.45) is 2.22. The van der Waals surface area contributed by atoms with Gasteiger partial charge in [0.15, 0.2) is 0 Å². The number of furan rings is 1. The van der Waals surface area contributed by atoms with Crippen molar-refractivity contribution in [2.45, 2.75) is 34.6 Å². The van der Waals surface area contributed by atoms with Crippen molar-refractivity contribution in [3.8, 4) is 0 Å². The molecule has 0 aliphatic rings. The average molecular weight is 214 g/mol. The van der Waals surface area contributed by atoms with Crippen molar-refractivity contribution in [3.63, 3.8) is 0 Å². The molecule has 0 saturated carbocycles. The molecule has 0 saturated heterocycles. The summed E-state index contributed by atoms with van der Waals surface area (Å²) in [5, 5.41) is 1.27. The molecule has 0 aliphatic carbocycles. The number of hydrogen-bond acceptors (Lipinski definition) is 1. The van der Waals surface area contributed by atoms with E-state index in [0.717, 1.165) is 11.3 Å². The molecule has 0 fully saturated rings. The molecule has 1 aromatic heterocycles. The lowest BCUT2D eigenvalue weighted by atomic mass is 10.00. The second-order valence-corrected chi connectivity index (χ2v) is 4.66. The van der Waals surface area contributed by atoms with Crippen LogP contribution in [0.25, 0.3) is 17.0 Å². The zero-order chi connectivity index (χ0) is 11.9. The number of fused-ring (bicyclic) bond motifs is 1. The largest absolute Gasteiger partial charge is 0.461 e. The Morgan fingerprint density at radius 3 is 2.38 bits per heavy atom. The van der Waals surface area contributed by atoms with Crippen LogP contribution >= 0.6 is 0 Å². The molecule has 0 amide bonds. The highest BCUT2D eigenvalue weighted by atomic mass is 16.3. The van der Waals surface area contributed by atoms with Gasteiger partial charge in [-0.25, -0.2) is 0 Å². The summed E-state index contributed by atoms with van der Waals surface area (Å²) in [5.74, 6) is 1.02. The molecule has 0 radical (unpaired) electrons. The summed E-state index contributed by atoms with van der Waals surface area (Å²) in [4.78, 5) is 0. The molecule has 0 N–H and O–H groups in total. The Hall–Kier alpha value is -1.50. The normalized spacial score (nSPS) is 10.8. The SMILES string of the molecule is CC(C)=Cc1ccc2oc(C)c(C)c2c1C. The van der Waals surface area contributed by atoms with Crippen LogP contribution in [-0.2, 0) is 0 Å². The lowest BCUT2D eigenvalue weighted by Crippen LogP contribution is -1.84. The van der Waals surface area contributed by atoms with Gasteiger partial charge in [0.1, 0.15) is 11.3 Å². The minimum atomic E-state index is 0.999. The van der Waals surface area contributed by atoms with Crippen molar-refractivity contribution in [2.75, 3.05) is 0 Å². The number of allylic oxidation sites excluding steroid dienone is 1. The van der Waals surface area contributed by atoms with Crippen molar-refractivity contribution < 1.29 is 4.42 Å². The van der Waals surface area contributed by atoms with Crippen LogP contribution in [0.1, 0.15) is 36.3 Å². The van der Waals surface area contributed by atoms with E-state index in [1.54, 1.807) is 0 Å². The van der Waals surface area contributed by atoms with Crippen LogP contribution in [0.2, 0.25) is 0 Å². The molecule has 84 valence electrons. The molecule has 2 aromatic rings. The van der Waals surface area contributed by atoms with Crippen LogP contribution < -0.4 is 0 Å². The predicted molar refractivity (Wildman–Crippen MR) is 69.8 cm³/mol. The van der Waals surface area contributed by atoms with Crippen molar-refractivity contribution in [3.05, 3.63) is 40.2 Å². The topological polar surface area (TPSA) is 13.1 Å². The number of rotatable bonds is 1. The van der Waals surface area contributed by atoms with Gasteiger partial charge in [-0.1, -0.05) is 17.7 Å². The predicted octanol–water partition coefficient (Wildman–Crippen LogP) is 4.78. The molecule has 1 heteroatoms. The fourth-order valence-electron chi connectivity index (χ4n) is 2.14. The maximum absolute atomic E-state index is 5.72. The Morgan fingerprint density at radius 1 is 1.06 bits per heavy atom. The van der Waals surface area contributed by atoms with E-state index < -0.39 is 0 Å². The van der Waals surface area contributed by atoms with Crippen LogP contribution in [0.15, 0.2) is 22.1 Å². The van der Waals surface area contributed by atoms with Gasteiger partial charge in [-0.3, -0.25) is 0 Å². The monoisotopic (exact) mass is 214 g/mol. The van der Waals surface area contributed by atoms with Gasteiger partial charge >= 0.3 is 0 Å². The fourth-order valence-corrected chi connectivity index (χ4v) is 2.14. The molecule has 1 nitrogen and oxygen atoms in total. The molecule has 1 heterocycles. The quantitative estimate of drug-likeness (QED) is 0.665. The van der Waals surface area contributed by atoms with Gasteiger partial charge in [-0.2, -0.15) is 0 Å². The molecule has 0 aliphatic heterocycles. The van der Waals surface area contributed by atoms with E-state index in [-0.39, 0.29) is 0 Å². The Bertz CT molecular complexity index is 567. The molecular weight excluding hydrogens is 196 g/mol. The molecule has 2 rings (SSSR count). The van der Waals surface area contributed by atoms with Crippen molar-refractivity contribution in [1.82, 2.24) is 0 Å². The molecular formula is C15H18O. The maximum Gasteiger partial charge on any atom is 0.134 e. The molecule has 0 unspecified atom stereocenters. The average Bonchev–Trinajstić information content (AvgIpc) is 2.48. The van der Waals surface area contributed by atoms with Gasteiger partial charge in [0.2, 0.25) is 0 Å². The summed E-state index contributed by atoms with van der Waals surface area (Å²) in [6, 6.07) is 4.20. The minimum absolute atomic E-state index is 0.999. The van der Waals surface area contributed by atoms with Crippen molar-refractivity contribution >= 4 is 17.0 Å². The zero-order valence-electron chi connectivity index (χ0n) is 10.6. The Labute approximate surface area is 96.8 Å². The Kier molecular flexibility index (Phi) is 2.63. The van der Waals surface area contributed by atoms with E-state index in [9.17, 15) is 0 Å². The van der Waals surface area contributed by atoms with Crippen LogP contribution in [0.5, 0.6) is 0 Å². The lowest BCUT2D eigenvalue weighted by Gasteiger charge is -2.03. The van der Waals surface area contributed by atoms with Crippen LogP contribution in [0.4, 0.5) is 0 Å². The first-order valence-corrected chi connectivity index (χ1v) is 5.65. The minimum Gasteiger partial charge on any atom is -0.461 e. The highest BCUT2D eigenvalue weighted by molar-refractivity contribution is 5.88. The summed E-state index contributed by atoms with van der Waals surface area (Å²) < 4.78 is 5.72. The van der Waals surface area contributed by atoms with Gasteiger partial charge in [0, 0.05) is 5.39 Å². The number of hydrogen-bond donors (Lipinski definition) is 0. The zero-order valence-corrected chi connectivity index (χ0v) is 10.6. The summed E-state index contributed by atoms with van der Waals surface area (Å²) in [6.45, 7) is 10.6. The maximum atomic E-state index is 5.72. The molecule has 0 spiro atoms. The van der Waals surface area contributed by atoms with Gasteiger partial charge in [0.05, 0.1) is 0 Å². The standard InChI is InChI=1S/C15H18O/c1-9(2)8-13-6-7-14-15(11(13)4)10(3)12(5)16-14/h6-8H,1-5H3. The van der Waals surface area contributed by atoms with E-state index in [1.165, 1.54) is 27.6 Å². The van der Waals surface area contributed by atoms with E-state index in [1.807, 2.05) is 6.92 Å². The summed E-state index contributed by atoms with van der Waals surface area (Å²) >= 11 is 0. The fraction of sp³-hybridized carbons (Fsp3) is 0.333. The molecule has 0 bridgehead atoms. The van der Waals surface area contributed by atoms with Crippen molar-refractivity contribution in [1.29, 1.82) is 0 Å². The first-order valence-electron chi connectivity index (χ1n) is 5.65. The lowest BCUT2D eigenvalue weighted by molar-refractivity contribution is 0.575. The molecule has 0 atom stereocenters. The van der Waals surface area contributed by atoms with E-state index in [2.05, 4.69) is 45.9 Å². The smallest absolute Gasteiger partial charge is 0.134 e. The van der Waals surface area contributed by atoms with Crippen LogP contribution in [-0.4, -0.2) is 0 Å². The van der Waals surface area contributed by atoms with Gasteiger partial charge < -0.3 is 4.42 Å². The number of aryl methyl sites for hydroxylation is 3. The molecule has 16 heavy (non-hydrogen) atoms. The highest BCUT2D eigenvalue weighted by Crippen LogP contribution is 2.30. The molecule has 1 aromatic carbocycles. The summed E-state index contributed by atoms with van der Waals surface area (Å²) in [7, 11) is 0. The van der Waals surface area contributed by atoms with Crippen LogP contribution in [0, 0.1) is 20.8 Å². The van der Waals surface area contributed by atoms with E-state index in [4.69, 9.17) is 4.42 Å². The van der Waals surface area contributed by atoms with Crippen molar-refractivity contribution in [2.24, 2.45) is 0 Å². The van der Waals surface area contributed by atoms with Crippen LogP contribution in [0.3, 0.4) is 0 Å². The third-order valence-corrected chi connectivity index (χ3v) is 3.08. The van der Waals surface area contributed by atoms with E-state index in [0.29, 0.717) is 0 Å². The Morgan fingerprint density at radius 2 is 1.75 bits per heavy atom.